The summed E-state index contributed by atoms with van der Waals surface area (Å²) in [6, 6.07) is 14.8. The number of ether oxygens (including phenoxy) is 1. The molecule has 0 fully saturated rings. The van der Waals surface area contributed by atoms with Gasteiger partial charge in [0.15, 0.2) is 0 Å². The van der Waals surface area contributed by atoms with E-state index in [-0.39, 0.29) is 17.6 Å². The van der Waals surface area contributed by atoms with Gasteiger partial charge in [-0.05, 0) is 11.6 Å². The molecule has 0 unspecified atom stereocenters. The molecule has 0 saturated carbocycles. The first-order valence-corrected chi connectivity index (χ1v) is 5.82. The van der Waals surface area contributed by atoms with E-state index in [4.69, 9.17) is 4.74 Å². The number of carbonyl (C=O) groups is 1. The molecular weight excluding hydrogens is 228 g/mol. The van der Waals surface area contributed by atoms with E-state index in [1.165, 1.54) is 6.07 Å². The molecule has 0 spiro atoms. The van der Waals surface area contributed by atoms with Crippen LogP contribution >= 0.6 is 0 Å². The molecule has 2 aromatic rings. The minimum Gasteiger partial charge on any atom is -0.508 e. The van der Waals surface area contributed by atoms with E-state index >= 15 is 0 Å². The third-order valence-corrected chi connectivity index (χ3v) is 3.17. The number of phenols is 1. The Morgan fingerprint density at radius 1 is 1.11 bits per heavy atom. The molecule has 90 valence electrons. The number of aromatic hydroxyl groups is 1. The van der Waals surface area contributed by atoms with Crippen molar-refractivity contribution in [2.75, 3.05) is 0 Å². The van der Waals surface area contributed by atoms with Crippen molar-refractivity contribution in [2.24, 2.45) is 0 Å². The number of hydrogen-bond donors (Lipinski definition) is 1. The van der Waals surface area contributed by atoms with Crippen LogP contribution < -0.4 is 4.74 Å². The first-order chi connectivity index (χ1) is 8.74. The van der Waals surface area contributed by atoms with Gasteiger partial charge < -0.3 is 9.84 Å². The summed E-state index contributed by atoms with van der Waals surface area (Å²) in [7, 11) is 0. The first kappa shape index (κ1) is 10.8. The normalized spacial score (nSPS) is 18.0. The third kappa shape index (κ3) is 1.84. The van der Waals surface area contributed by atoms with Crippen LogP contribution in [0.15, 0.2) is 48.5 Å². The van der Waals surface area contributed by atoms with Crippen molar-refractivity contribution in [3.63, 3.8) is 0 Å². The molecule has 0 aliphatic carbocycles. The van der Waals surface area contributed by atoms with Crippen LogP contribution in [0.3, 0.4) is 0 Å². The number of hydrogen-bond acceptors (Lipinski definition) is 3. The second-order valence-electron chi connectivity index (χ2n) is 4.36. The van der Waals surface area contributed by atoms with Gasteiger partial charge in [-0.25, -0.2) is 0 Å². The van der Waals surface area contributed by atoms with Crippen molar-refractivity contribution in [3.8, 4) is 11.5 Å². The molecule has 1 atom stereocenters. The summed E-state index contributed by atoms with van der Waals surface area (Å²) in [5, 5.41) is 9.44. The lowest BCUT2D eigenvalue weighted by Gasteiger charge is -2.24. The zero-order valence-electron chi connectivity index (χ0n) is 9.67. The first-order valence-electron chi connectivity index (χ1n) is 5.82. The van der Waals surface area contributed by atoms with Gasteiger partial charge >= 0.3 is 5.97 Å². The minimum atomic E-state index is -0.262. The average Bonchev–Trinajstić information content (AvgIpc) is 2.38. The van der Waals surface area contributed by atoms with Crippen molar-refractivity contribution in [3.05, 3.63) is 59.7 Å². The molecule has 0 amide bonds. The Hall–Kier alpha value is -2.29. The van der Waals surface area contributed by atoms with Crippen LogP contribution in [-0.2, 0) is 4.79 Å². The number of benzene rings is 2. The topological polar surface area (TPSA) is 46.5 Å². The van der Waals surface area contributed by atoms with Crippen molar-refractivity contribution in [1.82, 2.24) is 0 Å². The van der Waals surface area contributed by atoms with Crippen LogP contribution in [0.2, 0.25) is 0 Å². The SMILES string of the molecule is O=C1C[C@@H](c2ccccc2)c2ccc(O)cc2O1. The second kappa shape index (κ2) is 4.18. The highest BCUT2D eigenvalue weighted by Gasteiger charge is 2.28. The van der Waals surface area contributed by atoms with Crippen LogP contribution in [0.4, 0.5) is 0 Å². The van der Waals surface area contributed by atoms with Gasteiger partial charge in [-0.15, -0.1) is 0 Å². The van der Waals surface area contributed by atoms with E-state index in [1.54, 1.807) is 6.07 Å². The summed E-state index contributed by atoms with van der Waals surface area (Å²) in [5.41, 5.74) is 2.03. The van der Waals surface area contributed by atoms with Crippen LogP contribution in [0.5, 0.6) is 11.5 Å². The van der Waals surface area contributed by atoms with Gasteiger partial charge in [0.2, 0.25) is 0 Å². The van der Waals surface area contributed by atoms with E-state index < -0.39 is 0 Å². The summed E-state index contributed by atoms with van der Waals surface area (Å²) < 4.78 is 5.17. The highest BCUT2D eigenvalue weighted by Crippen LogP contribution is 2.39. The molecule has 1 N–H and O–H groups in total. The van der Waals surface area contributed by atoms with E-state index in [9.17, 15) is 9.90 Å². The van der Waals surface area contributed by atoms with Crippen molar-refractivity contribution >= 4 is 5.97 Å². The van der Waals surface area contributed by atoms with Crippen LogP contribution in [-0.4, -0.2) is 11.1 Å². The lowest BCUT2D eigenvalue weighted by molar-refractivity contribution is -0.135. The lowest BCUT2D eigenvalue weighted by Crippen LogP contribution is -2.20. The quantitative estimate of drug-likeness (QED) is 0.616. The Bertz CT molecular complexity index is 590. The summed E-state index contributed by atoms with van der Waals surface area (Å²) in [6.07, 6.45) is 0.335. The molecule has 0 aromatic heterocycles. The molecular formula is C15H12O3. The van der Waals surface area contributed by atoms with Gasteiger partial charge in [-0.2, -0.15) is 0 Å². The van der Waals surface area contributed by atoms with Crippen LogP contribution in [0.1, 0.15) is 23.5 Å². The van der Waals surface area contributed by atoms with Gasteiger partial charge in [0.1, 0.15) is 11.5 Å². The van der Waals surface area contributed by atoms with Crippen molar-refractivity contribution in [1.29, 1.82) is 0 Å². The predicted octanol–water partition coefficient (Wildman–Crippen LogP) is 2.83. The molecule has 1 aliphatic rings. The van der Waals surface area contributed by atoms with Gasteiger partial charge in [0.05, 0.1) is 6.42 Å². The summed E-state index contributed by atoms with van der Waals surface area (Å²) >= 11 is 0. The maximum atomic E-state index is 11.6. The molecule has 18 heavy (non-hydrogen) atoms. The number of fused-ring (bicyclic) bond motifs is 1. The Kier molecular flexibility index (Phi) is 2.52. The molecule has 2 aromatic carbocycles. The molecule has 1 aliphatic heterocycles. The largest absolute Gasteiger partial charge is 0.508 e. The number of esters is 1. The molecule has 0 bridgehead atoms. The number of phenolic OH excluding ortho intramolecular Hbond substituents is 1. The molecule has 0 radical (unpaired) electrons. The Morgan fingerprint density at radius 3 is 2.67 bits per heavy atom. The standard InChI is InChI=1S/C15H12O3/c16-11-6-7-12-13(10-4-2-1-3-5-10)9-15(17)18-14(12)8-11/h1-8,13,16H,9H2/t13-/m0/s1. The van der Waals surface area contributed by atoms with Crippen LogP contribution in [0, 0.1) is 0 Å². The van der Waals surface area contributed by atoms with E-state index in [0.29, 0.717) is 12.2 Å². The fraction of sp³-hybridized carbons (Fsp3) is 0.133. The highest BCUT2D eigenvalue weighted by atomic mass is 16.5. The van der Waals surface area contributed by atoms with Gasteiger partial charge in [-0.1, -0.05) is 36.4 Å². The Balaban J connectivity index is 2.10. The van der Waals surface area contributed by atoms with Crippen molar-refractivity contribution in [2.45, 2.75) is 12.3 Å². The Morgan fingerprint density at radius 2 is 1.89 bits per heavy atom. The zero-order valence-corrected chi connectivity index (χ0v) is 9.67. The molecule has 3 rings (SSSR count). The van der Waals surface area contributed by atoms with E-state index in [2.05, 4.69) is 0 Å². The Labute approximate surface area is 105 Å². The van der Waals surface area contributed by atoms with Crippen molar-refractivity contribution < 1.29 is 14.6 Å². The van der Waals surface area contributed by atoms with Crippen LogP contribution in [0.25, 0.3) is 0 Å². The maximum Gasteiger partial charge on any atom is 0.312 e. The second-order valence-corrected chi connectivity index (χ2v) is 4.36. The highest BCUT2D eigenvalue weighted by molar-refractivity contribution is 5.77. The fourth-order valence-electron chi connectivity index (χ4n) is 2.32. The monoisotopic (exact) mass is 240 g/mol. The van der Waals surface area contributed by atoms with Gasteiger partial charge in [0.25, 0.3) is 0 Å². The molecule has 3 nitrogen and oxygen atoms in total. The fourth-order valence-corrected chi connectivity index (χ4v) is 2.32. The average molecular weight is 240 g/mol. The molecule has 0 saturated heterocycles. The van der Waals surface area contributed by atoms with Gasteiger partial charge in [0, 0.05) is 17.5 Å². The minimum absolute atomic E-state index is 0.00282. The summed E-state index contributed by atoms with van der Waals surface area (Å²) in [4.78, 5) is 11.6. The maximum absolute atomic E-state index is 11.6. The third-order valence-electron chi connectivity index (χ3n) is 3.17. The summed E-state index contributed by atoms with van der Waals surface area (Å²) in [6.45, 7) is 0. The molecule has 3 heteroatoms. The van der Waals surface area contributed by atoms with Gasteiger partial charge in [-0.3, -0.25) is 4.79 Å². The summed E-state index contributed by atoms with van der Waals surface area (Å²) in [5.74, 6) is 0.306. The zero-order chi connectivity index (χ0) is 12.5. The van der Waals surface area contributed by atoms with E-state index in [0.717, 1.165) is 11.1 Å². The number of rotatable bonds is 1. The predicted molar refractivity (Wildman–Crippen MR) is 66.6 cm³/mol. The smallest absolute Gasteiger partial charge is 0.312 e. The van der Waals surface area contributed by atoms with E-state index in [1.807, 2.05) is 36.4 Å². The number of carbonyl (C=O) groups excluding carboxylic acids is 1. The lowest BCUT2D eigenvalue weighted by atomic mass is 9.86. The molecule has 1 heterocycles.